The molecule has 3 aromatic carbocycles. The van der Waals surface area contributed by atoms with Gasteiger partial charge in [-0.3, -0.25) is 0 Å². The van der Waals surface area contributed by atoms with Gasteiger partial charge in [-0.1, -0.05) is 151 Å². The fraction of sp³-hybridized carbons (Fsp3) is 0. The van der Waals surface area contributed by atoms with Crippen molar-refractivity contribution in [3.8, 4) is 0 Å². The van der Waals surface area contributed by atoms with E-state index in [0.29, 0.717) is 0 Å². The lowest BCUT2D eigenvalue weighted by Crippen LogP contribution is -2.11. The van der Waals surface area contributed by atoms with Crippen LogP contribution in [0.3, 0.4) is 0 Å². The Hall–Kier alpha value is 1.43. The lowest BCUT2D eigenvalue weighted by Gasteiger charge is -2.27. The Kier molecular flexibility index (Phi) is 9.46. The van der Waals surface area contributed by atoms with Crippen molar-refractivity contribution in [3.05, 3.63) is 100 Å². The molecule has 0 unspecified atom stereocenters. The summed E-state index contributed by atoms with van der Waals surface area (Å²) < 4.78 is 0. The van der Waals surface area contributed by atoms with Crippen molar-refractivity contribution in [3.63, 3.8) is 0 Å². The van der Waals surface area contributed by atoms with Crippen LogP contribution in [0.25, 0.3) is 0 Å². The highest BCUT2D eigenvalue weighted by molar-refractivity contribution is 6.56. The molecule has 32 heavy (non-hydrogen) atoms. The highest BCUT2D eigenvalue weighted by atomic mass is 35.5. The topological polar surface area (TPSA) is 0 Å². The third-order valence-corrected chi connectivity index (χ3v) is 9.61. The second-order valence-corrected chi connectivity index (χ2v) is 11.0. The van der Waals surface area contributed by atoms with Crippen molar-refractivity contribution in [2.45, 2.75) is 0 Å². The second kappa shape index (κ2) is 10.8. The first-order valence-corrected chi connectivity index (χ1v) is 12.8. The van der Waals surface area contributed by atoms with Crippen molar-refractivity contribution < 1.29 is 0 Å². The molecule has 13 heteroatoms. The molecule has 1 radical (unpaired) electrons. The fourth-order valence-electron chi connectivity index (χ4n) is 2.78. The predicted octanol–water partition coefficient (Wildman–Crippen LogP) is 13.2. The van der Waals surface area contributed by atoms with Crippen LogP contribution in [-0.2, 0) is 0 Å². The summed E-state index contributed by atoms with van der Waals surface area (Å²) in [4.78, 5) is 0. The number of rotatable bonds is 3. The Balaban J connectivity index is 2.64. The van der Waals surface area contributed by atoms with Crippen molar-refractivity contribution >= 4 is 151 Å². The Morgan fingerprint density at radius 1 is 0.312 bits per heavy atom. The summed E-state index contributed by atoms with van der Waals surface area (Å²) in [7, 11) is 0. The zero-order chi connectivity index (χ0) is 24.2. The maximum absolute atomic E-state index is 6.55. The summed E-state index contributed by atoms with van der Waals surface area (Å²) in [5.74, 6) is 0.0688. The maximum atomic E-state index is 6.55. The maximum Gasteiger partial charge on any atom is 0.0809 e. The van der Waals surface area contributed by atoms with Gasteiger partial charge in [-0.05, 0) is 12.1 Å². The Labute approximate surface area is 248 Å². The normalized spacial score (nSPS) is 11.6. The molecule has 0 N–H and O–H groups in total. The van der Waals surface area contributed by atoms with Crippen LogP contribution in [0.2, 0.25) is 65.3 Å². The van der Waals surface area contributed by atoms with Crippen molar-refractivity contribution in [1.82, 2.24) is 0 Å². The first kappa shape index (κ1) is 28.0. The molecular weight excluding hydrogens is 689 g/mol. The van der Waals surface area contributed by atoms with E-state index in [0.717, 1.165) is 0 Å². The van der Waals surface area contributed by atoms with Crippen LogP contribution in [0.4, 0.5) is 0 Å². The summed E-state index contributed by atoms with van der Waals surface area (Å²) in [5.41, 5.74) is 0.189. The van der Waals surface area contributed by atoms with E-state index >= 15 is 0 Å². The highest BCUT2D eigenvalue weighted by Gasteiger charge is 2.36. The van der Waals surface area contributed by atoms with Gasteiger partial charge in [-0.2, -0.15) is 0 Å². The largest absolute Gasteiger partial charge is 0.0826 e. The summed E-state index contributed by atoms with van der Waals surface area (Å²) in [6.07, 6.45) is 0. The molecule has 0 aromatic heterocycles. The van der Waals surface area contributed by atoms with Gasteiger partial charge in [0.2, 0.25) is 0 Å². The van der Waals surface area contributed by atoms with Gasteiger partial charge in [0.15, 0.2) is 0 Å². The van der Waals surface area contributed by atoms with Gasteiger partial charge in [0, 0.05) is 16.7 Å². The highest BCUT2D eigenvalue weighted by Crippen LogP contribution is 2.56. The molecule has 0 bridgehead atoms. The molecule has 0 aliphatic carbocycles. The number of halogens is 13. The Bertz CT molecular complexity index is 1120. The molecule has 0 saturated carbocycles. The number of hydrogen-bond acceptors (Lipinski definition) is 0. The molecule has 0 atom stereocenters. The zero-order valence-corrected chi connectivity index (χ0v) is 24.4. The third kappa shape index (κ3) is 4.85. The van der Waals surface area contributed by atoms with Crippen molar-refractivity contribution in [2.75, 3.05) is 0 Å². The van der Waals surface area contributed by atoms with E-state index in [1.54, 1.807) is 0 Å². The van der Waals surface area contributed by atoms with Crippen molar-refractivity contribution in [2.24, 2.45) is 0 Å². The molecule has 0 aliphatic heterocycles. The third-order valence-electron chi connectivity index (χ3n) is 4.18. The van der Waals surface area contributed by atoms with Gasteiger partial charge in [0.1, 0.15) is 0 Å². The van der Waals surface area contributed by atoms with Crippen LogP contribution in [0.15, 0.2) is 12.1 Å². The molecule has 0 aliphatic rings. The van der Waals surface area contributed by atoms with Crippen LogP contribution >= 0.6 is 151 Å². The predicted molar refractivity (Wildman–Crippen MR) is 145 cm³/mol. The van der Waals surface area contributed by atoms with E-state index in [1.165, 1.54) is 12.1 Å². The van der Waals surface area contributed by atoms with Gasteiger partial charge >= 0.3 is 0 Å². The molecule has 0 heterocycles. The van der Waals surface area contributed by atoms with Crippen LogP contribution < -0.4 is 0 Å². The molecule has 0 nitrogen and oxygen atoms in total. The standard InChI is InChI=1S/C19H2Cl13/c20-3-1-4(21)12(25)8(11(3)24)7(9-13(26)5(22)2-6(23)14(9)27)10-15(28)17(30)19(32)18(31)16(10)29/h1-2H. The summed E-state index contributed by atoms with van der Waals surface area (Å²) in [6.45, 7) is 0. The fourth-order valence-corrected chi connectivity index (χ4v) is 6.11. The van der Waals surface area contributed by atoms with E-state index in [9.17, 15) is 0 Å². The average molecular weight is 691 g/mol. The van der Waals surface area contributed by atoms with Crippen LogP contribution in [0, 0.1) is 5.92 Å². The molecular formula is C19H2Cl13. The van der Waals surface area contributed by atoms with E-state index in [2.05, 4.69) is 0 Å². The first-order valence-electron chi connectivity index (χ1n) is 7.86. The molecule has 3 rings (SSSR count). The van der Waals surface area contributed by atoms with Crippen LogP contribution in [0.1, 0.15) is 16.7 Å². The minimum absolute atomic E-state index is 0.0198. The van der Waals surface area contributed by atoms with Crippen molar-refractivity contribution in [1.29, 1.82) is 0 Å². The summed E-state index contributed by atoms with van der Waals surface area (Å²) in [5, 5.41) is -0.315. The van der Waals surface area contributed by atoms with Gasteiger partial charge in [-0.25, -0.2) is 0 Å². The Morgan fingerprint density at radius 2 is 0.531 bits per heavy atom. The minimum Gasteiger partial charge on any atom is -0.0826 e. The minimum atomic E-state index is -0.104. The quantitative estimate of drug-likeness (QED) is 0.146. The van der Waals surface area contributed by atoms with Gasteiger partial charge in [0.25, 0.3) is 0 Å². The molecule has 0 amide bonds. The monoisotopic (exact) mass is 685 g/mol. The molecule has 0 fully saturated rings. The van der Waals surface area contributed by atoms with E-state index < -0.39 is 0 Å². The van der Waals surface area contributed by atoms with Gasteiger partial charge in [0.05, 0.1) is 71.2 Å². The van der Waals surface area contributed by atoms with E-state index in [4.69, 9.17) is 151 Å². The summed E-state index contributed by atoms with van der Waals surface area (Å²) >= 11 is 83.1. The van der Waals surface area contributed by atoms with Crippen LogP contribution in [-0.4, -0.2) is 0 Å². The Morgan fingerprint density at radius 3 is 0.812 bits per heavy atom. The van der Waals surface area contributed by atoms with Gasteiger partial charge in [-0.15, -0.1) is 0 Å². The first-order chi connectivity index (χ1) is 14.8. The lowest BCUT2D eigenvalue weighted by atomic mass is 9.84. The lowest BCUT2D eigenvalue weighted by molar-refractivity contribution is 1.23. The smallest absolute Gasteiger partial charge is 0.0809 e. The SMILES string of the molecule is Clc1cc(Cl)c(Cl)c([C](c2c(Cl)c(Cl)cc(Cl)c2Cl)c2c(Cl)c(Cl)c(Cl)c(Cl)c2Cl)c1Cl. The van der Waals surface area contributed by atoms with E-state index in [1.807, 2.05) is 0 Å². The number of benzene rings is 3. The molecule has 0 spiro atoms. The zero-order valence-electron chi connectivity index (χ0n) is 14.6. The summed E-state index contributed by atoms with van der Waals surface area (Å²) in [6, 6.07) is 2.71. The number of hydrogen-bond donors (Lipinski definition) is 0. The van der Waals surface area contributed by atoms with Crippen LogP contribution in [0.5, 0.6) is 0 Å². The average Bonchev–Trinajstić information content (AvgIpc) is 2.73. The van der Waals surface area contributed by atoms with E-state index in [-0.39, 0.29) is 87.9 Å². The molecule has 169 valence electrons. The van der Waals surface area contributed by atoms with Gasteiger partial charge < -0.3 is 0 Å². The molecule has 0 saturated heterocycles. The molecule has 3 aromatic rings. The second-order valence-electron chi connectivity index (χ2n) is 6.01.